The molecule has 0 aliphatic carbocycles. The number of aromatic nitrogens is 1. The van der Waals surface area contributed by atoms with E-state index in [2.05, 4.69) is 9.71 Å². The van der Waals surface area contributed by atoms with Gasteiger partial charge in [0.15, 0.2) is 0 Å². The number of nitrogens with one attached hydrogen (secondary N) is 1. The molecule has 4 nitrogen and oxygen atoms in total. The fourth-order valence-corrected chi connectivity index (χ4v) is 2.62. The molecular formula is C9H13ClN2O2S. The summed E-state index contributed by atoms with van der Waals surface area (Å²) in [6, 6.07) is 1.53. The van der Waals surface area contributed by atoms with Gasteiger partial charge in [-0.25, -0.2) is 18.1 Å². The summed E-state index contributed by atoms with van der Waals surface area (Å²) in [6.07, 6.45) is 2.02. The van der Waals surface area contributed by atoms with Crippen LogP contribution in [0, 0.1) is 6.92 Å². The summed E-state index contributed by atoms with van der Waals surface area (Å²) in [4.78, 5) is 3.94. The van der Waals surface area contributed by atoms with Gasteiger partial charge in [-0.3, -0.25) is 0 Å². The van der Waals surface area contributed by atoms with Crippen LogP contribution in [0.3, 0.4) is 0 Å². The highest BCUT2D eigenvalue weighted by Crippen LogP contribution is 2.16. The van der Waals surface area contributed by atoms with Crippen LogP contribution in [0.2, 0.25) is 5.15 Å². The number of nitrogens with zero attached hydrogens (tertiary/aromatic N) is 1. The molecule has 0 radical (unpaired) electrons. The van der Waals surface area contributed by atoms with E-state index in [-0.39, 0.29) is 4.90 Å². The van der Waals surface area contributed by atoms with Gasteiger partial charge in [0.05, 0.1) is 0 Å². The lowest BCUT2D eigenvalue weighted by molar-refractivity contribution is 0.579. The maximum atomic E-state index is 11.7. The largest absolute Gasteiger partial charge is 0.243 e. The predicted molar refractivity (Wildman–Crippen MR) is 59.5 cm³/mol. The number of aryl methyl sites for hydroxylation is 1. The molecule has 0 unspecified atom stereocenters. The quantitative estimate of drug-likeness (QED) is 0.826. The van der Waals surface area contributed by atoms with Gasteiger partial charge >= 0.3 is 0 Å². The number of halogens is 1. The predicted octanol–water partition coefficient (Wildman–Crippen LogP) is 1.73. The molecule has 0 aliphatic rings. The van der Waals surface area contributed by atoms with E-state index in [0.717, 1.165) is 6.42 Å². The van der Waals surface area contributed by atoms with Gasteiger partial charge in [0.2, 0.25) is 10.0 Å². The second-order valence-electron chi connectivity index (χ2n) is 3.17. The van der Waals surface area contributed by atoms with E-state index >= 15 is 0 Å². The molecule has 0 aliphatic heterocycles. The first-order valence-corrected chi connectivity index (χ1v) is 6.45. The molecule has 0 bridgehead atoms. The van der Waals surface area contributed by atoms with Crippen molar-refractivity contribution in [2.75, 3.05) is 6.54 Å². The van der Waals surface area contributed by atoms with Crippen molar-refractivity contribution in [2.45, 2.75) is 25.2 Å². The summed E-state index contributed by atoms with van der Waals surface area (Å²) >= 11 is 5.65. The smallest absolute Gasteiger partial charge is 0.242 e. The second-order valence-corrected chi connectivity index (χ2v) is 5.29. The zero-order chi connectivity index (χ0) is 11.5. The van der Waals surface area contributed by atoms with Crippen molar-refractivity contribution in [3.05, 3.63) is 23.0 Å². The van der Waals surface area contributed by atoms with E-state index < -0.39 is 10.0 Å². The summed E-state index contributed by atoms with van der Waals surface area (Å²) in [6.45, 7) is 4.01. The highest BCUT2D eigenvalue weighted by atomic mass is 35.5. The van der Waals surface area contributed by atoms with Crippen LogP contribution in [0.5, 0.6) is 0 Å². The fourth-order valence-electron chi connectivity index (χ4n) is 1.10. The van der Waals surface area contributed by atoms with E-state index in [4.69, 9.17) is 11.6 Å². The number of pyridine rings is 1. The molecule has 1 heterocycles. The third kappa shape index (κ3) is 3.15. The van der Waals surface area contributed by atoms with Crippen molar-refractivity contribution in [1.29, 1.82) is 0 Å². The van der Waals surface area contributed by atoms with Gasteiger partial charge in [-0.2, -0.15) is 0 Å². The van der Waals surface area contributed by atoms with Crippen LogP contribution in [-0.2, 0) is 10.0 Å². The van der Waals surface area contributed by atoms with Crippen molar-refractivity contribution in [2.24, 2.45) is 0 Å². The number of hydrogen-bond acceptors (Lipinski definition) is 3. The average Bonchev–Trinajstić information content (AvgIpc) is 2.14. The zero-order valence-electron chi connectivity index (χ0n) is 8.62. The maximum absolute atomic E-state index is 11.7. The first-order valence-electron chi connectivity index (χ1n) is 4.59. The Morgan fingerprint density at radius 3 is 2.73 bits per heavy atom. The third-order valence-electron chi connectivity index (χ3n) is 1.86. The van der Waals surface area contributed by atoms with Crippen LogP contribution in [0.25, 0.3) is 0 Å². The van der Waals surface area contributed by atoms with Gasteiger partial charge in [-0.15, -0.1) is 0 Å². The van der Waals surface area contributed by atoms with Crippen molar-refractivity contribution < 1.29 is 8.42 Å². The van der Waals surface area contributed by atoms with E-state index in [0.29, 0.717) is 17.3 Å². The monoisotopic (exact) mass is 248 g/mol. The molecule has 1 aromatic heterocycles. The molecule has 1 N–H and O–H groups in total. The Kier molecular flexibility index (Phi) is 4.07. The molecule has 84 valence electrons. The highest BCUT2D eigenvalue weighted by Gasteiger charge is 2.16. The van der Waals surface area contributed by atoms with Gasteiger partial charge < -0.3 is 0 Å². The first kappa shape index (κ1) is 12.4. The molecule has 0 saturated carbocycles. The third-order valence-corrected chi connectivity index (χ3v) is 3.66. The van der Waals surface area contributed by atoms with Gasteiger partial charge in [0, 0.05) is 12.7 Å². The Balaban J connectivity index is 3.05. The minimum absolute atomic E-state index is 0.181. The summed E-state index contributed by atoms with van der Waals surface area (Å²) in [7, 11) is -3.44. The Bertz CT molecular complexity index is 445. The van der Waals surface area contributed by atoms with Gasteiger partial charge in [0.1, 0.15) is 10.0 Å². The first-order chi connectivity index (χ1) is 6.97. The zero-order valence-corrected chi connectivity index (χ0v) is 10.2. The van der Waals surface area contributed by atoms with Gasteiger partial charge in [0.25, 0.3) is 0 Å². The van der Waals surface area contributed by atoms with Crippen LogP contribution in [0.4, 0.5) is 0 Å². The van der Waals surface area contributed by atoms with E-state index in [1.807, 2.05) is 6.92 Å². The standard InChI is InChI=1S/C9H13ClN2O2S/c1-3-4-12-15(13,14)8-6-11-9(10)5-7(8)2/h5-6,12H,3-4H2,1-2H3. The molecule has 0 aromatic carbocycles. The molecule has 0 fully saturated rings. The molecule has 6 heteroatoms. The SMILES string of the molecule is CCCNS(=O)(=O)c1cnc(Cl)cc1C. The molecule has 0 atom stereocenters. The van der Waals surface area contributed by atoms with Crippen molar-refractivity contribution >= 4 is 21.6 Å². The topological polar surface area (TPSA) is 59.1 Å². The molecule has 0 amide bonds. The minimum Gasteiger partial charge on any atom is -0.243 e. The van der Waals surface area contributed by atoms with Crippen molar-refractivity contribution in [3.8, 4) is 0 Å². The molecule has 15 heavy (non-hydrogen) atoms. The molecular weight excluding hydrogens is 236 g/mol. The average molecular weight is 249 g/mol. The van der Waals surface area contributed by atoms with E-state index in [1.54, 1.807) is 6.92 Å². The Hall–Kier alpha value is -0.650. The number of sulfonamides is 1. The molecule has 1 aromatic rings. The fraction of sp³-hybridized carbons (Fsp3) is 0.444. The molecule has 1 rings (SSSR count). The summed E-state index contributed by atoms with van der Waals surface area (Å²) in [5, 5.41) is 0.293. The summed E-state index contributed by atoms with van der Waals surface area (Å²) in [5.41, 5.74) is 0.596. The lowest BCUT2D eigenvalue weighted by Crippen LogP contribution is -2.25. The van der Waals surface area contributed by atoms with Crippen LogP contribution in [-0.4, -0.2) is 19.9 Å². The van der Waals surface area contributed by atoms with E-state index in [1.165, 1.54) is 12.3 Å². The maximum Gasteiger partial charge on any atom is 0.242 e. The lowest BCUT2D eigenvalue weighted by Gasteiger charge is -2.07. The van der Waals surface area contributed by atoms with Crippen LogP contribution < -0.4 is 4.72 Å². The minimum atomic E-state index is -3.44. The van der Waals surface area contributed by atoms with Crippen molar-refractivity contribution in [3.63, 3.8) is 0 Å². The number of hydrogen-bond donors (Lipinski definition) is 1. The van der Waals surface area contributed by atoms with Gasteiger partial charge in [-0.05, 0) is 25.0 Å². The Morgan fingerprint density at radius 1 is 1.53 bits per heavy atom. The van der Waals surface area contributed by atoms with Crippen molar-refractivity contribution in [1.82, 2.24) is 9.71 Å². The highest BCUT2D eigenvalue weighted by molar-refractivity contribution is 7.89. The van der Waals surface area contributed by atoms with Crippen LogP contribution in [0.15, 0.2) is 17.2 Å². The second kappa shape index (κ2) is 4.92. The van der Waals surface area contributed by atoms with E-state index in [9.17, 15) is 8.42 Å². The molecule has 0 spiro atoms. The normalized spacial score (nSPS) is 11.7. The van der Waals surface area contributed by atoms with Crippen LogP contribution in [0.1, 0.15) is 18.9 Å². The lowest BCUT2D eigenvalue weighted by atomic mass is 10.3. The summed E-state index contributed by atoms with van der Waals surface area (Å²) < 4.78 is 25.9. The molecule has 0 saturated heterocycles. The Labute approximate surface area is 94.7 Å². The number of rotatable bonds is 4. The summed E-state index contributed by atoms with van der Waals surface area (Å²) in [5.74, 6) is 0. The van der Waals surface area contributed by atoms with Gasteiger partial charge in [-0.1, -0.05) is 18.5 Å². The van der Waals surface area contributed by atoms with Crippen LogP contribution >= 0.6 is 11.6 Å². The Morgan fingerprint density at radius 2 is 2.20 bits per heavy atom.